The van der Waals surface area contributed by atoms with Crippen molar-refractivity contribution >= 4 is 17.5 Å². The smallest absolute Gasteiger partial charge is 0.254 e. The van der Waals surface area contributed by atoms with Crippen molar-refractivity contribution in [1.82, 2.24) is 4.90 Å². The van der Waals surface area contributed by atoms with E-state index in [4.69, 9.17) is 25.8 Å². The molecule has 1 aromatic rings. The summed E-state index contributed by atoms with van der Waals surface area (Å²) >= 11 is 5.89. The van der Waals surface area contributed by atoms with E-state index in [1.807, 2.05) is 0 Å². The lowest BCUT2D eigenvalue weighted by atomic mass is 10.1. The zero-order chi connectivity index (χ0) is 14.5. The number of carbonyl (C=O) groups is 1. The average molecular weight is 300 g/mol. The average Bonchev–Trinajstić information content (AvgIpc) is 2.53. The fraction of sp³-hybridized carbons (Fsp3) is 0.500. The lowest BCUT2D eigenvalue weighted by Gasteiger charge is -2.34. The molecule has 1 heterocycles. The molecule has 0 aromatic heterocycles. The number of halogens is 1. The molecule has 1 amide bonds. The molecule has 1 saturated heterocycles. The number of rotatable bonds is 4. The third-order valence-electron chi connectivity index (χ3n) is 3.30. The van der Waals surface area contributed by atoms with Crippen LogP contribution in [0.5, 0.6) is 11.5 Å². The van der Waals surface area contributed by atoms with E-state index in [9.17, 15) is 4.79 Å². The van der Waals surface area contributed by atoms with Gasteiger partial charge in [0.05, 0.1) is 33.5 Å². The molecule has 6 heteroatoms. The Kier molecular flexibility index (Phi) is 5.09. The Bertz CT molecular complexity index is 480. The quantitative estimate of drug-likeness (QED) is 0.795. The van der Waals surface area contributed by atoms with Crippen LogP contribution in [0.15, 0.2) is 18.2 Å². The van der Waals surface area contributed by atoms with Gasteiger partial charge < -0.3 is 19.1 Å². The molecule has 0 N–H and O–H groups in total. The van der Waals surface area contributed by atoms with Gasteiger partial charge in [-0.15, -0.1) is 11.6 Å². The Labute approximate surface area is 123 Å². The Morgan fingerprint density at radius 2 is 2.15 bits per heavy atom. The van der Waals surface area contributed by atoms with Gasteiger partial charge in [-0.3, -0.25) is 4.79 Å². The van der Waals surface area contributed by atoms with Gasteiger partial charge in [-0.1, -0.05) is 0 Å². The van der Waals surface area contributed by atoms with Gasteiger partial charge in [0.2, 0.25) is 0 Å². The molecule has 1 unspecified atom stereocenters. The van der Waals surface area contributed by atoms with Gasteiger partial charge in [0.25, 0.3) is 5.91 Å². The third kappa shape index (κ3) is 2.99. The highest BCUT2D eigenvalue weighted by atomic mass is 35.5. The van der Waals surface area contributed by atoms with Gasteiger partial charge in [-0.05, 0) is 18.2 Å². The van der Waals surface area contributed by atoms with E-state index >= 15 is 0 Å². The van der Waals surface area contributed by atoms with Crippen LogP contribution in [0.4, 0.5) is 0 Å². The molecule has 1 aliphatic heterocycles. The molecule has 110 valence electrons. The van der Waals surface area contributed by atoms with Gasteiger partial charge >= 0.3 is 0 Å². The van der Waals surface area contributed by atoms with E-state index in [0.29, 0.717) is 42.7 Å². The summed E-state index contributed by atoms with van der Waals surface area (Å²) in [6.07, 6.45) is 0. The van der Waals surface area contributed by atoms with Gasteiger partial charge in [-0.2, -0.15) is 0 Å². The maximum absolute atomic E-state index is 12.6. The van der Waals surface area contributed by atoms with Crippen LogP contribution < -0.4 is 9.47 Å². The molecule has 5 nitrogen and oxygen atoms in total. The molecule has 0 spiro atoms. The lowest BCUT2D eigenvalue weighted by Crippen LogP contribution is -2.49. The van der Waals surface area contributed by atoms with Crippen molar-refractivity contribution in [3.63, 3.8) is 0 Å². The van der Waals surface area contributed by atoms with Crippen molar-refractivity contribution in [2.75, 3.05) is 39.9 Å². The fourth-order valence-electron chi connectivity index (χ4n) is 2.19. The topological polar surface area (TPSA) is 48.0 Å². The van der Waals surface area contributed by atoms with Crippen LogP contribution in [0.3, 0.4) is 0 Å². The first-order chi connectivity index (χ1) is 9.71. The normalized spacial score (nSPS) is 18.8. The molecule has 1 fully saturated rings. The number of alkyl halides is 1. The minimum atomic E-state index is -0.0917. The van der Waals surface area contributed by atoms with Gasteiger partial charge in [0, 0.05) is 18.0 Å². The highest BCUT2D eigenvalue weighted by molar-refractivity contribution is 6.18. The number of morpholine rings is 1. The van der Waals surface area contributed by atoms with E-state index in [2.05, 4.69) is 0 Å². The van der Waals surface area contributed by atoms with E-state index in [1.54, 1.807) is 37.3 Å². The van der Waals surface area contributed by atoms with E-state index < -0.39 is 0 Å². The predicted octanol–water partition coefficient (Wildman–Crippen LogP) is 1.78. The SMILES string of the molecule is COc1ccc(C(=O)N2CCOCC2CCl)cc1OC. The number of ether oxygens (including phenoxy) is 3. The largest absolute Gasteiger partial charge is 0.493 e. The van der Waals surface area contributed by atoms with Crippen molar-refractivity contribution in [2.45, 2.75) is 6.04 Å². The van der Waals surface area contributed by atoms with E-state index in [1.165, 1.54) is 0 Å². The summed E-state index contributed by atoms with van der Waals surface area (Å²) in [7, 11) is 3.10. The van der Waals surface area contributed by atoms with Crippen molar-refractivity contribution < 1.29 is 19.0 Å². The molecular formula is C14H18ClNO4. The maximum Gasteiger partial charge on any atom is 0.254 e. The Morgan fingerprint density at radius 3 is 2.80 bits per heavy atom. The molecule has 1 aromatic carbocycles. The molecule has 1 aliphatic rings. The van der Waals surface area contributed by atoms with E-state index in [0.717, 1.165) is 0 Å². The molecule has 0 radical (unpaired) electrons. The summed E-state index contributed by atoms with van der Waals surface area (Å²) < 4.78 is 15.7. The monoisotopic (exact) mass is 299 g/mol. The zero-order valence-corrected chi connectivity index (χ0v) is 12.4. The highest BCUT2D eigenvalue weighted by Crippen LogP contribution is 2.28. The number of carbonyl (C=O) groups excluding carboxylic acids is 1. The maximum atomic E-state index is 12.6. The molecule has 20 heavy (non-hydrogen) atoms. The third-order valence-corrected chi connectivity index (χ3v) is 3.65. The van der Waals surface area contributed by atoms with Crippen molar-refractivity contribution in [1.29, 1.82) is 0 Å². The first-order valence-electron chi connectivity index (χ1n) is 6.38. The van der Waals surface area contributed by atoms with Crippen LogP contribution in [0.1, 0.15) is 10.4 Å². The zero-order valence-electron chi connectivity index (χ0n) is 11.6. The van der Waals surface area contributed by atoms with Gasteiger partial charge in [-0.25, -0.2) is 0 Å². The first-order valence-corrected chi connectivity index (χ1v) is 6.91. The standard InChI is InChI=1S/C14H18ClNO4/c1-18-12-4-3-10(7-13(12)19-2)14(17)16-5-6-20-9-11(16)8-15/h3-4,7,11H,5-6,8-9H2,1-2H3. The van der Waals surface area contributed by atoms with Gasteiger partial charge in [0.1, 0.15) is 0 Å². The molecule has 0 aliphatic carbocycles. The molecule has 0 saturated carbocycles. The van der Waals surface area contributed by atoms with Crippen molar-refractivity contribution in [3.8, 4) is 11.5 Å². The predicted molar refractivity (Wildman–Crippen MR) is 75.9 cm³/mol. The molecule has 2 rings (SSSR count). The van der Waals surface area contributed by atoms with Crippen LogP contribution in [0, 0.1) is 0 Å². The second kappa shape index (κ2) is 6.81. The summed E-state index contributed by atoms with van der Waals surface area (Å²) in [5.41, 5.74) is 0.555. The second-order valence-electron chi connectivity index (χ2n) is 4.45. The summed E-state index contributed by atoms with van der Waals surface area (Å²) in [6, 6.07) is 5.04. The number of methoxy groups -OCH3 is 2. The minimum Gasteiger partial charge on any atom is -0.493 e. The Balaban J connectivity index is 2.23. The lowest BCUT2D eigenvalue weighted by molar-refractivity contribution is 0.00454. The van der Waals surface area contributed by atoms with Crippen LogP contribution in [-0.2, 0) is 4.74 Å². The van der Waals surface area contributed by atoms with E-state index in [-0.39, 0.29) is 11.9 Å². The number of hydrogen-bond donors (Lipinski definition) is 0. The number of amides is 1. The number of benzene rings is 1. The summed E-state index contributed by atoms with van der Waals surface area (Å²) in [4.78, 5) is 14.3. The summed E-state index contributed by atoms with van der Waals surface area (Å²) in [6.45, 7) is 1.56. The van der Waals surface area contributed by atoms with Crippen molar-refractivity contribution in [3.05, 3.63) is 23.8 Å². The van der Waals surface area contributed by atoms with Gasteiger partial charge in [0.15, 0.2) is 11.5 Å². The first kappa shape index (κ1) is 14.9. The second-order valence-corrected chi connectivity index (χ2v) is 4.76. The Hall–Kier alpha value is -1.46. The Morgan fingerprint density at radius 1 is 1.40 bits per heavy atom. The van der Waals surface area contributed by atoms with Crippen LogP contribution >= 0.6 is 11.6 Å². The summed E-state index contributed by atoms with van der Waals surface area (Å²) in [5.74, 6) is 1.42. The highest BCUT2D eigenvalue weighted by Gasteiger charge is 2.27. The number of hydrogen-bond acceptors (Lipinski definition) is 4. The molecular weight excluding hydrogens is 282 g/mol. The molecule has 0 bridgehead atoms. The van der Waals surface area contributed by atoms with Crippen molar-refractivity contribution in [2.24, 2.45) is 0 Å². The molecule has 1 atom stereocenters. The summed E-state index contributed by atoms with van der Waals surface area (Å²) in [5, 5.41) is 0. The van der Waals surface area contributed by atoms with Crippen LogP contribution in [-0.4, -0.2) is 56.7 Å². The minimum absolute atomic E-state index is 0.0695. The fourth-order valence-corrected chi connectivity index (χ4v) is 2.44. The van der Waals surface area contributed by atoms with Crippen LogP contribution in [0.25, 0.3) is 0 Å². The van der Waals surface area contributed by atoms with Crippen LogP contribution in [0.2, 0.25) is 0 Å². The number of nitrogens with zero attached hydrogens (tertiary/aromatic N) is 1.